The van der Waals surface area contributed by atoms with Crippen molar-refractivity contribution in [2.45, 2.75) is 12.1 Å². The van der Waals surface area contributed by atoms with Crippen molar-refractivity contribution >= 4 is 40.1 Å². The Balaban J connectivity index is 2.06. The average molecular weight is 340 g/mol. The van der Waals surface area contributed by atoms with Gasteiger partial charge in [0.1, 0.15) is 11.4 Å². The van der Waals surface area contributed by atoms with E-state index in [1.54, 1.807) is 13.1 Å². The van der Waals surface area contributed by atoms with Gasteiger partial charge in [-0.15, -0.1) is 0 Å². The Hall–Kier alpha value is -2.67. The van der Waals surface area contributed by atoms with Crippen molar-refractivity contribution in [3.8, 4) is 0 Å². The molecule has 0 saturated heterocycles. The molecule has 0 unspecified atom stereocenters. The van der Waals surface area contributed by atoms with Crippen LogP contribution in [0.1, 0.15) is 16.1 Å². The molecular weight excluding hydrogens is 324 g/mol. The summed E-state index contributed by atoms with van der Waals surface area (Å²) in [5.74, 6) is -0.0628. The second kappa shape index (κ2) is 6.84. The average Bonchev–Trinajstić information content (AvgIpc) is 2.60. The minimum Gasteiger partial charge on any atom is -0.465 e. The minimum atomic E-state index is -0.476. The monoisotopic (exact) mass is 340 g/mol. The molecule has 0 aliphatic heterocycles. The van der Waals surface area contributed by atoms with Crippen LogP contribution in [0.4, 0.5) is 11.5 Å². The van der Waals surface area contributed by atoms with Gasteiger partial charge in [-0.3, -0.25) is 4.98 Å². The highest BCUT2D eigenvalue weighted by Crippen LogP contribution is 2.25. The molecule has 1 aromatic carbocycles. The zero-order chi connectivity index (χ0) is 17.1. The maximum absolute atomic E-state index is 12.1. The van der Waals surface area contributed by atoms with Gasteiger partial charge in [-0.05, 0) is 25.3 Å². The predicted octanol–water partition coefficient (Wildman–Crippen LogP) is 3.59. The molecule has 3 aromatic rings. The Morgan fingerprint density at radius 3 is 2.79 bits per heavy atom. The van der Waals surface area contributed by atoms with Gasteiger partial charge >= 0.3 is 5.97 Å². The van der Waals surface area contributed by atoms with Crippen LogP contribution in [0.5, 0.6) is 0 Å². The SMILES string of the molecule is COC(=O)c1c(C)nc(SC)nc1Nc1cnc2ccccc2c1. The number of esters is 1. The number of benzene rings is 1. The van der Waals surface area contributed by atoms with Gasteiger partial charge in [0.15, 0.2) is 5.16 Å². The second-order valence-corrected chi connectivity index (χ2v) is 5.83. The van der Waals surface area contributed by atoms with Crippen molar-refractivity contribution in [2.75, 3.05) is 18.7 Å². The van der Waals surface area contributed by atoms with Crippen LogP contribution in [0.2, 0.25) is 0 Å². The molecule has 3 rings (SSSR count). The molecule has 0 aliphatic carbocycles. The molecule has 0 spiro atoms. The largest absolute Gasteiger partial charge is 0.465 e. The number of fused-ring (bicyclic) bond motifs is 1. The molecule has 0 amide bonds. The van der Waals surface area contributed by atoms with Crippen LogP contribution in [-0.4, -0.2) is 34.3 Å². The van der Waals surface area contributed by atoms with E-state index in [0.717, 1.165) is 16.6 Å². The van der Waals surface area contributed by atoms with Gasteiger partial charge < -0.3 is 10.1 Å². The van der Waals surface area contributed by atoms with Gasteiger partial charge in [-0.2, -0.15) is 0 Å². The minimum absolute atomic E-state index is 0.323. The number of nitrogens with one attached hydrogen (secondary N) is 1. The quantitative estimate of drug-likeness (QED) is 0.442. The smallest absolute Gasteiger partial charge is 0.343 e. The fraction of sp³-hybridized carbons (Fsp3) is 0.176. The number of hydrogen-bond acceptors (Lipinski definition) is 7. The summed E-state index contributed by atoms with van der Waals surface area (Å²) in [5.41, 5.74) is 2.53. The normalized spacial score (nSPS) is 10.6. The number of carbonyl (C=O) groups excluding carboxylic acids is 1. The topological polar surface area (TPSA) is 77.0 Å². The Morgan fingerprint density at radius 1 is 1.25 bits per heavy atom. The fourth-order valence-electron chi connectivity index (χ4n) is 2.35. The van der Waals surface area contributed by atoms with Crippen molar-refractivity contribution in [2.24, 2.45) is 0 Å². The van der Waals surface area contributed by atoms with E-state index in [2.05, 4.69) is 20.3 Å². The van der Waals surface area contributed by atoms with Gasteiger partial charge in [-0.1, -0.05) is 30.0 Å². The van der Waals surface area contributed by atoms with Crippen molar-refractivity contribution in [3.63, 3.8) is 0 Å². The number of thioether (sulfide) groups is 1. The summed E-state index contributed by atoms with van der Waals surface area (Å²) in [6, 6.07) is 9.77. The number of ether oxygens (including phenoxy) is 1. The zero-order valence-electron chi connectivity index (χ0n) is 13.5. The lowest BCUT2D eigenvalue weighted by molar-refractivity contribution is 0.0600. The Labute approximate surface area is 143 Å². The molecule has 1 N–H and O–H groups in total. The van der Waals surface area contributed by atoms with Crippen LogP contribution < -0.4 is 5.32 Å². The third kappa shape index (κ3) is 3.16. The molecule has 0 saturated carbocycles. The summed E-state index contributed by atoms with van der Waals surface area (Å²) in [7, 11) is 1.34. The zero-order valence-corrected chi connectivity index (χ0v) is 14.3. The number of aromatic nitrogens is 3. The first kappa shape index (κ1) is 16.2. The van der Waals surface area contributed by atoms with E-state index in [9.17, 15) is 4.79 Å². The molecule has 7 heteroatoms. The maximum atomic E-state index is 12.1. The lowest BCUT2D eigenvalue weighted by Crippen LogP contribution is -2.12. The number of carbonyl (C=O) groups is 1. The third-order valence-corrected chi connectivity index (χ3v) is 4.04. The first-order chi connectivity index (χ1) is 11.6. The van der Waals surface area contributed by atoms with E-state index in [1.807, 2.05) is 36.6 Å². The van der Waals surface area contributed by atoms with Crippen molar-refractivity contribution in [1.82, 2.24) is 15.0 Å². The highest BCUT2D eigenvalue weighted by Gasteiger charge is 2.19. The number of nitrogens with zero attached hydrogens (tertiary/aromatic N) is 3. The molecule has 24 heavy (non-hydrogen) atoms. The van der Waals surface area contributed by atoms with E-state index < -0.39 is 5.97 Å². The summed E-state index contributed by atoms with van der Waals surface area (Å²) in [6.45, 7) is 1.76. The van der Waals surface area contributed by atoms with Crippen LogP contribution in [0.15, 0.2) is 41.7 Å². The maximum Gasteiger partial charge on any atom is 0.343 e. The molecule has 6 nitrogen and oxygen atoms in total. The van der Waals surface area contributed by atoms with Crippen LogP contribution >= 0.6 is 11.8 Å². The van der Waals surface area contributed by atoms with E-state index in [1.165, 1.54) is 18.9 Å². The van der Waals surface area contributed by atoms with Gasteiger partial charge in [0.05, 0.1) is 30.2 Å². The lowest BCUT2D eigenvalue weighted by atomic mass is 10.2. The summed E-state index contributed by atoms with van der Waals surface area (Å²) < 4.78 is 4.86. The molecular formula is C17H16N4O2S. The number of anilines is 2. The molecule has 2 aromatic heterocycles. The molecule has 0 aliphatic rings. The molecule has 2 heterocycles. The van der Waals surface area contributed by atoms with Crippen LogP contribution in [-0.2, 0) is 4.74 Å². The van der Waals surface area contributed by atoms with Crippen molar-refractivity contribution in [3.05, 3.63) is 47.8 Å². The predicted molar refractivity (Wildman–Crippen MR) is 94.9 cm³/mol. The second-order valence-electron chi connectivity index (χ2n) is 5.05. The van der Waals surface area contributed by atoms with E-state index in [4.69, 9.17) is 4.74 Å². The fourth-order valence-corrected chi connectivity index (χ4v) is 2.76. The van der Waals surface area contributed by atoms with Crippen molar-refractivity contribution in [1.29, 1.82) is 0 Å². The molecule has 0 fully saturated rings. The van der Waals surface area contributed by atoms with Crippen LogP contribution in [0.25, 0.3) is 10.9 Å². The molecule has 122 valence electrons. The summed E-state index contributed by atoms with van der Waals surface area (Å²) in [5, 5.41) is 4.75. The van der Waals surface area contributed by atoms with Gasteiger partial charge in [-0.25, -0.2) is 14.8 Å². The summed E-state index contributed by atoms with van der Waals surface area (Å²) in [6.07, 6.45) is 3.59. The summed E-state index contributed by atoms with van der Waals surface area (Å²) >= 11 is 1.41. The Kier molecular flexibility index (Phi) is 4.61. The van der Waals surface area contributed by atoms with E-state index in [-0.39, 0.29) is 0 Å². The van der Waals surface area contributed by atoms with Gasteiger partial charge in [0.2, 0.25) is 0 Å². The number of aryl methyl sites for hydroxylation is 1. The third-order valence-electron chi connectivity index (χ3n) is 3.49. The lowest BCUT2D eigenvalue weighted by Gasteiger charge is -2.13. The molecule has 0 atom stereocenters. The Morgan fingerprint density at radius 2 is 2.04 bits per heavy atom. The Bertz CT molecular complexity index is 914. The molecule has 0 bridgehead atoms. The highest BCUT2D eigenvalue weighted by molar-refractivity contribution is 7.98. The van der Waals surface area contributed by atoms with Crippen LogP contribution in [0.3, 0.4) is 0 Å². The number of rotatable bonds is 4. The van der Waals surface area contributed by atoms with Crippen LogP contribution in [0, 0.1) is 6.92 Å². The van der Waals surface area contributed by atoms with Gasteiger partial charge in [0.25, 0.3) is 0 Å². The molecule has 0 radical (unpaired) electrons. The van der Waals surface area contributed by atoms with Crippen molar-refractivity contribution < 1.29 is 9.53 Å². The first-order valence-electron chi connectivity index (χ1n) is 7.25. The number of hydrogen-bond donors (Lipinski definition) is 1. The number of pyridine rings is 1. The highest BCUT2D eigenvalue weighted by atomic mass is 32.2. The van der Waals surface area contributed by atoms with Gasteiger partial charge in [0, 0.05) is 5.39 Å². The summed E-state index contributed by atoms with van der Waals surface area (Å²) in [4.78, 5) is 25.2. The first-order valence-corrected chi connectivity index (χ1v) is 8.47. The number of para-hydroxylation sites is 1. The number of methoxy groups -OCH3 is 1. The van der Waals surface area contributed by atoms with E-state index >= 15 is 0 Å². The standard InChI is InChI=1S/C17H16N4O2S/c1-10-14(16(22)23-2)15(21-17(19-10)24-3)20-12-8-11-6-4-5-7-13(11)18-9-12/h4-9H,1-3H3,(H,19,20,21). The van der Waals surface area contributed by atoms with E-state index in [0.29, 0.717) is 22.2 Å².